The van der Waals surface area contributed by atoms with Crippen LogP contribution < -0.4 is 4.90 Å². The molecule has 0 amide bonds. The number of nitriles is 1. The maximum Gasteiger partial charge on any atom is 0.0991 e. The van der Waals surface area contributed by atoms with Gasteiger partial charge >= 0.3 is 0 Å². The zero-order valence-electron chi connectivity index (χ0n) is 29.0. The van der Waals surface area contributed by atoms with E-state index in [1.165, 1.54) is 16.2 Å². The van der Waals surface area contributed by atoms with Crippen LogP contribution >= 0.6 is 0 Å². The van der Waals surface area contributed by atoms with Gasteiger partial charge in [-0.25, -0.2) is 0 Å². The van der Waals surface area contributed by atoms with Crippen LogP contribution in [0, 0.1) is 11.3 Å². The molecule has 0 saturated carbocycles. The van der Waals surface area contributed by atoms with Crippen LogP contribution in [0.3, 0.4) is 0 Å². The number of rotatable bonds is 7. The maximum absolute atomic E-state index is 9.62. The summed E-state index contributed by atoms with van der Waals surface area (Å²) in [5, 5.41) is 14.3. The van der Waals surface area contributed by atoms with Crippen molar-refractivity contribution in [3.63, 3.8) is 0 Å². The number of hydrogen-bond donors (Lipinski definition) is 0. The summed E-state index contributed by atoms with van der Waals surface area (Å²) in [5.74, 6) is 0. The first-order valence-corrected chi connectivity index (χ1v) is 17.8. The molecule has 0 spiro atoms. The highest BCUT2D eigenvalue weighted by Crippen LogP contribution is 2.46. The molecule has 54 heavy (non-hydrogen) atoms. The molecule has 0 atom stereocenters. The summed E-state index contributed by atoms with van der Waals surface area (Å²) in [6.07, 6.45) is 11.1. The summed E-state index contributed by atoms with van der Waals surface area (Å²) in [5.41, 5.74) is 13.4. The molecule has 0 radical (unpaired) electrons. The number of nitrogens with zero attached hydrogens (tertiary/aromatic N) is 6. The predicted octanol–water partition coefficient (Wildman–Crippen LogP) is 11.9. The van der Waals surface area contributed by atoms with Gasteiger partial charge in [0.1, 0.15) is 0 Å². The van der Waals surface area contributed by atoms with E-state index in [0.29, 0.717) is 5.56 Å². The minimum absolute atomic E-state index is 0.620. The second kappa shape index (κ2) is 12.9. The van der Waals surface area contributed by atoms with E-state index in [4.69, 9.17) is 0 Å². The maximum atomic E-state index is 9.62. The molecule has 0 bridgehead atoms. The first-order chi connectivity index (χ1) is 26.7. The molecule has 0 aliphatic carbocycles. The van der Waals surface area contributed by atoms with Gasteiger partial charge in [-0.2, -0.15) is 5.26 Å². The van der Waals surface area contributed by atoms with Crippen LogP contribution in [0.1, 0.15) is 5.56 Å². The normalized spacial score (nSPS) is 11.3. The summed E-state index contributed by atoms with van der Waals surface area (Å²) >= 11 is 0. The third-order valence-electron chi connectivity index (χ3n) is 10.2. The first kappa shape index (κ1) is 31.1. The summed E-state index contributed by atoms with van der Waals surface area (Å²) in [4.78, 5) is 15.5. The molecule has 6 nitrogen and oxygen atoms in total. The van der Waals surface area contributed by atoms with Gasteiger partial charge in [0.25, 0.3) is 0 Å². The first-order valence-electron chi connectivity index (χ1n) is 17.8. The Morgan fingerprint density at radius 1 is 0.481 bits per heavy atom. The smallest absolute Gasteiger partial charge is 0.0991 e. The zero-order chi connectivity index (χ0) is 36.0. The van der Waals surface area contributed by atoms with Gasteiger partial charge in [-0.15, -0.1) is 0 Å². The van der Waals surface area contributed by atoms with E-state index < -0.39 is 0 Å². The second-order valence-electron chi connectivity index (χ2n) is 13.3. The van der Waals surface area contributed by atoms with Crippen molar-refractivity contribution in [2.75, 3.05) is 4.90 Å². The van der Waals surface area contributed by atoms with E-state index in [9.17, 15) is 5.26 Å². The van der Waals surface area contributed by atoms with E-state index in [1.807, 2.05) is 73.4 Å². The predicted molar refractivity (Wildman–Crippen MR) is 219 cm³/mol. The largest absolute Gasteiger partial charge is 0.310 e. The molecule has 252 valence electrons. The van der Waals surface area contributed by atoms with Crippen LogP contribution in [0.4, 0.5) is 17.1 Å². The molecule has 10 rings (SSSR count). The Hall–Kier alpha value is -7.62. The fourth-order valence-electron chi connectivity index (χ4n) is 7.74. The van der Waals surface area contributed by atoms with Gasteiger partial charge in [0, 0.05) is 81.5 Å². The molecule has 0 fully saturated rings. The average molecular weight is 691 g/mol. The second-order valence-corrected chi connectivity index (χ2v) is 13.3. The standard InChI is InChI=1S/C48H30N6/c49-28-32-10-15-40(16-11-32)53(41-17-12-33(13-18-41)35-6-2-22-50-29-35)44-20-21-46-48-43(44)19-14-34-5-1-9-45(47(34)48)54(46)42-26-38(36-7-3-23-51-30-36)25-39(27-42)37-8-4-24-52-31-37/h1-27,29-31H. The average Bonchev–Trinajstić information content (AvgIpc) is 3.60. The Labute approximate surface area is 311 Å². The quantitative estimate of drug-likeness (QED) is 0.156. The van der Waals surface area contributed by atoms with Crippen LogP contribution in [0.15, 0.2) is 183 Å². The van der Waals surface area contributed by atoms with E-state index in [0.717, 1.165) is 72.5 Å². The molecule has 0 N–H and O–H groups in total. The number of anilines is 3. The van der Waals surface area contributed by atoms with Crippen molar-refractivity contribution < 1.29 is 0 Å². The Morgan fingerprint density at radius 3 is 1.67 bits per heavy atom. The minimum Gasteiger partial charge on any atom is -0.310 e. The lowest BCUT2D eigenvalue weighted by Crippen LogP contribution is -2.10. The van der Waals surface area contributed by atoms with Crippen molar-refractivity contribution in [2.24, 2.45) is 0 Å². The van der Waals surface area contributed by atoms with Crippen molar-refractivity contribution in [3.05, 3.63) is 188 Å². The topological polar surface area (TPSA) is 70.6 Å². The van der Waals surface area contributed by atoms with Gasteiger partial charge in [0.05, 0.1) is 28.4 Å². The Kier molecular flexibility index (Phi) is 7.41. The number of pyridine rings is 3. The molecular formula is C48H30N6. The highest BCUT2D eigenvalue weighted by atomic mass is 15.1. The molecule has 0 aliphatic heterocycles. The van der Waals surface area contributed by atoms with E-state index in [1.54, 1.807) is 6.20 Å². The highest BCUT2D eigenvalue weighted by Gasteiger charge is 2.23. The fraction of sp³-hybridized carbons (Fsp3) is 0. The van der Waals surface area contributed by atoms with Crippen LogP contribution in [-0.2, 0) is 0 Å². The molecule has 4 aromatic heterocycles. The van der Waals surface area contributed by atoms with Crippen molar-refractivity contribution in [2.45, 2.75) is 0 Å². The lowest BCUT2D eigenvalue weighted by Gasteiger charge is -2.27. The van der Waals surface area contributed by atoms with Gasteiger partial charge in [-0.3, -0.25) is 15.0 Å². The van der Waals surface area contributed by atoms with Crippen LogP contribution in [0.25, 0.3) is 71.6 Å². The highest BCUT2D eigenvalue weighted by molar-refractivity contribution is 6.27. The van der Waals surface area contributed by atoms with Gasteiger partial charge < -0.3 is 9.47 Å². The van der Waals surface area contributed by atoms with Crippen molar-refractivity contribution >= 4 is 49.6 Å². The number of benzene rings is 6. The Morgan fingerprint density at radius 2 is 1.07 bits per heavy atom. The van der Waals surface area contributed by atoms with Gasteiger partial charge in [-0.1, -0.05) is 54.6 Å². The van der Waals surface area contributed by atoms with E-state index in [-0.39, 0.29) is 0 Å². The van der Waals surface area contributed by atoms with Gasteiger partial charge in [0.15, 0.2) is 0 Å². The van der Waals surface area contributed by atoms with Crippen LogP contribution in [0.5, 0.6) is 0 Å². The summed E-state index contributed by atoms with van der Waals surface area (Å²) in [7, 11) is 0. The molecule has 10 aromatic rings. The molecular weight excluding hydrogens is 661 g/mol. The molecule has 6 heteroatoms. The fourth-order valence-corrected chi connectivity index (χ4v) is 7.74. The molecule has 0 aliphatic rings. The summed E-state index contributed by atoms with van der Waals surface area (Å²) in [6.45, 7) is 0. The van der Waals surface area contributed by atoms with Gasteiger partial charge in [-0.05, 0) is 119 Å². The van der Waals surface area contributed by atoms with E-state index >= 15 is 0 Å². The summed E-state index contributed by atoms with van der Waals surface area (Å²) < 4.78 is 2.39. The zero-order valence-corrected chi connectivity index (χ0v) is 29.0. The number of hydrogen-bond acceptors (Lipinski definition) is 5. The SMILES string of the molecule is N#Cc1ccc(N(c2ccc(-c3cccnc3)cc2)c2ccc3c4c2ccc2cccc(c24)n3-c2cc(-c3cccnc3)cc(-c3cccnc3)c2)cc1. The monoisotopic (exact) mass is 690 g/mol. The third-order valence-corrected chi connectivity index (χ3v) is 10.2. The summed E-state index contributed by atoms with van der Waals surface area (Å²) in [6, 6.07) is 53.1. The van der Waals surface area contributed by atoms with E-state index in [2.05, 4.69) is 134 Å². The molecule has 6 aromatic carbocycles. The van der Waals surface area contributed by atoms with Gasteiger partial charge in [0.2, 0.25) is 0 Å². The number of aromatic nitrogens is 4. The molecule has 0 saturated heterocycles. The minimum atomic E-state index is 0.620. The van der Waals surface area contributed by atoms with Crippen LogP contribution in [-0.4, -0.2) is 19.5 Å². The third kappa shape index (κ3) is 5.23. The lowest BCUT2D eigenvalue weighted by molar-refractivity contribution is 1.18. The Balaban J connectivity index is 1.21. The van der Waals surface area contributed by atoms with Crippen molar-refractivity contribution in [3.8, 4) is 45.1 Å². The Bertz CT molecular complexity index is 2910. The van der Waals surface area contributed by atoms with Crippen molar-refractivity contribution in [1.82, 2.24) is 19.5 Å². The molecule has 0 unspecified atom stereocenters. The van der Waals surface area contributed by atoms with Crippen molar-refractivity contribution in [1.29, 1.82) is 5.26 Å². The molecule has 4 heterocycles. The van der Waals surface area contributed by atoms with Crippen LogP contribution in [0.2, 0.25) is 0 Å². The lowest BCUT2D eigenvalue weighted by atomic mass is 9.99.